The predicted octanol–water partition coefficient (Wildman–Crippen LogP) is 4.50. The van der Waals surface area contributed by atoms with Crippen molar-refractivity contribution in [1.29, 1.82) is 0 Å². The second-order valence-electron chi connectivity index (χ2n) is 5.19. The van der Waals surface area contributed by atoms with Crippen LogP contribution in [0.3, 0.4) is 0 Å². The fourth-order valence-electron chi connectivity index (χ4n) is 1.97. The standard InChI is InChI=1S/C17H21NO2/c1-11(2)13-6-5-12(3)16(9-13)20-14-7-8-15(18)17(10-14)19-4/h5-11H,18H2,1-4H3. The van der Waals surface area contributed by atoms with E-state index in [1.54, 1.807) is 19.2 Å². The van der Waals surface area contributed by atoms with Gasteiger partial charge >= 0.3 is 0 Å². The van der Waals surface area contributed by atoms with Crippen LogP contribution in [-0.2, 0) is 0 Å². The number of benzene rings is 2. The van der Waals surface area contributed by atoms with E-state index in [-0.39, 0.29) is 0 Å². The van der Waals surface area contributed by atoms with Crippen molar-refractivity contribution >= 4 is 5.69 Å². The minimum atomic E-state index is 0.471. The lowest BCUT2D eigenvalue weighted by atomic mass is 10.0. The molecule has 2 aromatic carbocycles. The molecule has 0 amide bonds. The van der Waals surface area contributed by atoms with Crippen molar-refractivity contribution < 1.29 is 9.47 Å². The summed E-state index contributed by atoms with van der Waals surface area (Å²) in [5, 5.41) is 0. The SMILES string of the molecule is COc1cc(Oc2cc(C(C)C)ccc2C)ccc1N. The molecule has 3 heteroatoms. The van der Waals surface area contributed by atoms with Gasteiger partial charge in [-0.2, -0.15) is 0 Å². The Labute approximate surface area is 120 Å². The van der Waals surface area contributed by atoms with E-state index < -0.39 is 0 Å². The Morgan fingerprint density at radius 1 is 1.00 bits per heavy atom. The Bertz CT molecular complexity index is 606. The van der Waals surface area contributed by atoms with Crippen molar-refractivity contribution in [3.05, 3.63) is 47.5 Å². The molecule has 2 aromatic rings. The van der Waals surface area contributed by atoms with Gasteiger partial charge in [-0.1, -0.05) is 26.0 Å². The van der Waals surface area contributed by atoms with Crippen LogP contribution in [0.15, 0.2) is 36.4 Å². The van der Waals surface area contributed by atoms with Gasteiger partial charge in [-0.15, -0.1) is 0 Å². The number of rotatable bonds is 4. The van der Waals surface area contributed by atoms with E-state index in [4.69, 9.17) is 15.2 Å². The maximum atomic E-state index is 5.96. The third-order valence-electron chi connectivity index (χ3n) is 3.31. The molecule has 3 nitrogen and oxygen atoms in total. The normalized spacial score (nSPS) is 10.7. The Morgan fingerprint density at radius 2 is 1.75 bits per heavy atom. The van der Waals surface area contributed by atoms with E-state index >= 15 is 0 Å². The van der Waals surface area contributed by atoms with Gasteiger partial charge in [0.15, 0.2) is 0 Å². The zero-order valence-electron chi connectivity index (χ0n) is 12.4. The molecule has 20 heavy (non-hydrogen) atoms. The van der Waals surface area contributed by atoms with Crippen molar-refractivity contribution in [1.82, 2.24) is 0 Å². The van der Waals surface area contributed by atoms with Gasteiger partial charge in [-0.05, 0) is 42.2 Å². The highest BCUT2D eigenvalue weighted by atomic mass is 16.5. The third kappa shape index (κ3) is 3.05. The molecule has 0 saturated heterocycles. The van der Waals surface area contributed by atoms with Crippen molar-refractivity contribution in [3.63, 3.8) is 0 Å². The molecule has 0 aliphatic carbocycles. The summed E-state index contributed by atoms with van der Waals surface area (Å²) >= 11 is 0. The van der Waals surface area contributed by atoms with E-state index in [0.717, 1.165) is 17.1 Å². The molecule has 0 heterocycles. The topological polar surface area (TPSA) is 44.5 Å². The summed E-state index contributed by atoms with van der Waals surface area (Å²) in [6.07, 6.45) is 0. The maximum Gasteiger partial charge on any atom is 0.145 e. The second-order valence-corrected chi connectivity index (χ2v) is 5.19. The molecule has 0 aromatic heterocycles. The van der Waals surface area contributed by atoms with Gasteiger partial charge in [0.25, 0.3) is 0 Å². The monoisotopic (exact) mass is 271 g/mol. The van der Waals surface area contributed by atoms with Gasteiger partial charge in [0.2, 0.25) is 0 Å². The lowest BCUT2D eigenvalue weighted by Gasteiger charge is -2.13. The van der Waals surface area contributed by atoms with E-state index in [1.807, 2.05) is 13.0 Å². The number of aryl methyl sites for hydroxylation is 1. The van der Waals surface area contributed by atoms with E-state index in [2.05, 4.69) is 32.0 Å². The number of anilines is 1. The van der Waals surface area contributed by atoms with Crippen LogP contribution in [0.1, 0.15) is 30.9 Å². The number of ether oxygens (including phenoxy) is 2. The van der Waals surface area contributed by atoms with Crippen LogP contribution in [0.2, 0.25) is 0 Å². The van der Waals surface area contributed by atoms with Crippen LogP contribution < -0.4 is 15.2 Å². The number of nitrogens with two attached hydrogens (primary N) is 1. The molecule has 2 N–H and O–H groups in total. The molecule has 0 spiro atoms. The Balaban J connectivity index is 2.32. The first-order valence-electron chi connectivity index (χ1n) is 6.73. The average molecular weight is 271 g/mol. The van der Waals surface area contributed by atoms with Gasteiger partial charge in [0.05, 0.1) is 12.8 Å². The second kappa shape index (κ2) is 5.87. The van der Waals surface area contributed by atoms with Crippen LogP contribution in [-0.4, -0.2) is 7.11 Å². The molecule has 0 aliphatic heterocycles. The molecule has 2 rings (SSSR count). The first-order chi connectivity index (χ1) is 9.51. The van der Waals surface area contributed by atoms with Crippen LogP contribution in [0.4, 0.5) is 5.69 Å². The van der Waals surface area contributed by atoms with E-state index in [9.17, 15) is 0 Å². The van der Waals surface area contributed by atoms with Crippen molar-refractivity contribution in [3.8, 4) is 17.2 Å². The predicted molar refractivity (Wildman–Crippen MR) is 82.7 cm³/mol. The molecular formula is C17H21NO2. The Hall–Kier alpha value is -2.16. The van der Waals surface area contributed by atoms with Gasteiger partial charge in [-0.3, -0.25) is 0 Å². The third-order valence-corrected chi connectivity index (χ3v) is 3.31. The summed E-state index contributed by atoms with van der Waals surface area (Å²) in [5.41, 5.74) is 8.77. The molecular weight excluding hydrogens is 250 g/mol. The molecule has 0 bridgehead atoms. The summed E-state index contributed by atoms with van der Waals surface area (Å²) in [6.45, 7) is 6.37. The maximum absolute atomic E-state index is 5.96. The number of methoxy groups -OCH3 is 1. The zero-order chi connectivity index (χ0) is 14.7. The van der Waals surface area contributed by atoms with Gasteiger partial charge in [0, 0.05) is 6.07 Å². The molecule has 0 aliphatic rings. The van der Waals surface area contributed by atoms with Crippen LogP contribution in [0.25, 0.3) is 0 Å². The smallest absolute Gasteiger partial charge is 0.145 e. The minimum Gasteiger partial charge on any atom is -0.494 e. The Kier molecular flexibility index (Phi) is 4.18. The highest BCUT2D eigenvalue weighted by Crippen LogP contribution is 2.32. The average Bonchev–Trinajstić information content (AvgIpc) is 2.43. The summed E-state index contributed by atoms with van der Waals surface area (Å²) < 4.78 is 11.2. The zero-order valence-corrected chi connectivity index (χ0v) is 12.4. The molecule has 0 saturated carbocycles. The number of nitrogen functional groups attached to an aromatic ring is 1. The van der Waals surface area contributed by atoms with Crippen LogP contribution in [0, 0.1) is 6.92 Å². The highest BCUT2D eigenvalue weighted by molar-refractivity contribution is 5.56. The summed E-state index contributed by atoms with van der Waals surface area (Å²) in [7, 11) is 1.60. The minimum absolute atomic E-state index is 0.471. The van der Waals surface area contributed by atoms with Gasteiger partial charge in [0.1, 0.15) is 17.2 Å². The molecule has 106 valence electrons. The van der Waals surface area contributed by atoms with Crippen molar-refractivity contribution in [2.45, 2.75) is 26.7 Å². The quantitative estimate of drug-likeness (QED) is 0.832. The first kappa shape index (κ1) is 14.3. The van der Waals surface area contributed by atoms with Crippen LogP contribution >= 0.6 is 0 Å². The highest BCUT2D eigenvalue weighted by Gasteiger charge is 2.07. The van der Waals surface area contributed by atoms with Crippen LogP contribution in [0.5, 0.6) is 17.2 Å². The largest absolute Gasteiger partial charge is 0.494 e. The molecule has 0 unspecified atom stereocenters. The summed E-state index contributed by atoms with van der Waals surface area (Å²) in [5.74, 6) is 2.68. The molecule has 0 atom stereocenters. The lowest BCUT2D eigenvalue weighted by Crippen LogP contribution is -1.95. The van der Waals surface area contributed by atoms with Crippen molar-refractivity contribution in [2.24, 2.45) is 0 Å². The fourth-order valence-corrected chi connectivity index (χ4v) is 1.97. The molecule has 0 fully saturated rings. The summed E-state index contributed by atoms with van der Waals surface area (Å²) in [6, 6.07) is 11.7. The fraction of sp³-hybridized carbons (Fsp3) is 0.294. The summed E-state index contributed by atoms with van der Waals surface area (Å²) in [4.78, 5) is 0. The van der Waals surface area contributed by atoms with E-state index in [0.29, 0.717) is 17.4 Å². The first-order valence-corrected chi connectivity index (χ1v) is 6.73. The lowest BCUT2D eigenvalue weighted by molar-refractivity contribution is 0.411. The van der Waals surface area contributed by atoms with Gasteiger partial charge < -0.3 is 15.2 Å². The molecule has 0 radical (unpaired) electrons. The number of hydrogen-bond acceptors (Lipinski definition) is 3. The van der Waals surface area contributed by atoms with Gasteiger partial charge in [-0.25, -0.2) is 0 Å². The van der Waals surface area contributed by atoms with E-state index in [1.165, 1.54) is 5.56 Å². The van der Waals surface area contributed by atoms with Crippen molar-refractivity contribution in [2.75, 3.05) is 12.8 Å². The number of hydrogen-bond donors (Lipinski definition) is 1. The Morgan fingerprint density at radius 3 is 2.40 bits per heavy atom.